The second kappa shape index (κ2) is 8.48. The van der Waals surface area contributed by atoms with E-state index in [2.05, 4.69) is 26.1 Å². The summed E-state index contributed by atoms with van der Waals surface area (Å²) in [5, 5.41) is 3.16. The molecule has 4 heteroatoms. The molecule has 0 aliphatic heterocycles. The van der Waals surface area contributed by atoms with E-state index >= 15 is 0 Å². The summed E-state index contributed by atoms with van der Waals surface area (Å²) in [7, 11) is 0. The maximum Gasteiger partial charge on any atom is 0.325 e. The van der Waals surface area contributed by atoms with Crippen LogP contribution in [0.4, 0.5) is 0 Å². The molecule has 0 heterocycles. The molecule has 0 spiro atoms. The van der Waals surface area contributed by atoms with E-state index in [1.54, 1.807) is 0 Å². The van der Waals surface area contributed by atoms with Gasteiger partial charge in [0.05, 0.1) is 13.2 Å². The van der Waals surface area contributed by atoms with Gasteiger partial charge in [-0.15, -0.1) is 0 Å². The largest absolute Gasteiger partial charge is 0.465 e. The number of hydrogen-bond acceptors (Lipinski definition) is 4. The van der Waals surface area contributed by atoms with Gasteiger partial charge in [-0.25, -0.2) is 0 Å². The fraction of sp³-hybridized carbons (Fsp3) is 0.929. The van der Waals surface area contributed by atoms with Crippen LogP contribution >= 0.6 is 0 Å². The minimum absolute atomic E-state index is 0.227. The normalized spacial score (nSPS) is 13.7. The molecule has 0 saturated carbocycles. The molecule has 0 aromatic rings. The van der Waals surface area contributed by atoms with E-state index in [1.807, 2.05) is 20.8 Å². The maximum atomic E-state index is 11.7. The zero-order valence-corrected chi connectivity index (χ0v) is 12.7. The lowest BCUT2D eigenvalue weighted by Gasteiger charge is -2.21. The topological polar surface area (TPSA) is 47.6 Å². The molecule has 1 N–H and O–H groups in total. The third-order valence-corrected chi connectivity index (χ3v) is 2.39. The van der Waals surface area contributed by atoms with E-state index < -0.39 is 0 Å². The monoisotopic (exact) mass is 259 g/mol. The number of nitrogens with one attached hydrogen (secondary N) is 1. The molecule has 0 aromatic heterocycles. The highest BCUT2D eigenvalue weighted by Gasteiger charge is 2.21. The van der Waals surface area contributed by atoms with E-state index in [0.717, 1.165) is 6.42 Å². The number of ether oxygens (including phenoxy) is 2. The van der Waals surface area contributed by atoms with Crippen LogP contribution in [0.5, 0.6) is 0 Å². The smallest absolute Gasteiger partial charge is 0.325 e. The van der Waals surface area contributed by atoms with E-state index in [4.69, 9.17) is 9.47 Å². The highest BCUT2D eigenvalue weighted by Crippen LogP contribution is 2.17. The Kier molecular flexibility index (Phi) is 8.20. The molecular formula is C14H29NO3. The van der Waals surface area contributed by atoms with Crippen molar-refractivity contribution in [2.45, 2.75) is 60.0 Å². The van der Waals surface area contributed by atoms with Gasteiger partial charge < -0.3 is 14.8 Å². The minimum atomic E-state index is -0.370. The highest BCUT2D eigenvalue weighted by molar-refractivity contribution is 5.75. The molecule has 18 heavy (non-hydrogen) atoms. The Balaban J connectivity index is 4.05. The summed E-state index contributed by atoms with van der Waals surface area (Å²) < 4.78 is 10.6. The van der Waals surface area contributed by atoms with E-state index in [-0.39, 0.29) is 23.5 Å². The van der Waals surface area contributed by atoms with E-state index in [0.29, 0.717) is 19.8 Å². The number of rotatable bonds is 8. The Morgan fingerprint density at radius 2 is 1.89 bits per heavy atom. The first-order valence-electron chi connectivity index (χ1n) is 6.76. The van der Waals surface area contributed by atoms with Crippen molar-refractivity contribution in [3.63, 3.8) is 0 Å². The summed E-state index contributed by atoms with van der Waals surface area (Å²) in [5.41, 5.74) is 0.255. The average Bonchev–Trinajstić information content (AvgIpc) is 2.21. The molecular weight excluding hydrogens is 230 g/mol. The zero-order valence-electron chi connectivity index (χ0n) is 12.7. The van der Waals surface area contributed by atoms with E-state index in [9.17, 15) is 4.79 Å². The Bertz CT molecular complexity index is 234. The van der Waals surface area contributed by atoms with Crippen molar-refractivity contribution in [3.8, 4) is 0 Å². The fourth-order valence-electron chi connectivity index (χ4n) is 1.41. The van der Waals surface area contributed by atoms with Crippen molar-refractivity contribution in [3.05, 3.63) is 0 Å². The van der Waals surface area contributed by atoms with Crippen LogP contribution in [0.1, 0.15) is 48.0 Å². The summed E-state index contributed by atoms with van der Waals surface area (Å²) in [6, 6.07) is -0.143. The van der Waals surface area contributed by atoms with Gasteiger partial charge in [-0.05, 0) is 18.8 Å². The average molecular weight is 259 g/mol. The third-order valence-electron chi connectivity index (χ3n) is 2.39. The molecule has 1 atom stereocenters. The fourth-order valence-corrected chi connectivity index (χ4v) is 1.41. The first kappa shape index (κ1) is 17.4. The standard InChI is InChI=1S/C14H29NO3/c1-7-18-13(16)12(15-11(2)3)10-17-9-8-14(4,5)6/h11-12,15H,7-10H2,1-6H3. The van der Waals surface area contributed by atoms with Crippen molar-refractivity contribution in [1.82, 2.24) is 5.32 Å². The first-order valence-corrected chi connectivity index (χ1v) is 6.76. The van der Waals surface area contributed by atoms with Gasteiger partial charge in [0.15, 0.2) is 0 Å². The van der Waals surface area contributed by atoms with Crippen LogP contribution in [0.2, 0.25) is 0 Å². The molecule has 0 saturated heterocycles. The molecule has 108 valence electrons. The van der Waals surface area contributed by atoms with Crippen LogP contribution in [0.3, 0.4) is 0 Å². The van der Waals surface area contributed by atoms with Crippen LogP contribution in [-0.2, 0) is 14.3 Å². The van der Waals surface area contributed by atoms with Crippen LogP contribution < -0.4 is 5.32 Å². The van der Waals surface area contributed by atoms with Gasteiger partial charge >= 0.3 is 5.97 Å². The van der Waals surface area contributed by atoms with Crippen LogP contribution in [0.25, 0.3) is 0 Å². The molecule has 0 aliphatic rings. The Labute approximate surface area is 111 Å². The second-order valence-corrected chi connectivity index (χ2v) is 6.01. The lowest BCUT2D eigenvalue weighted by Crippen LogP contribution is -2.45. The predicted molar refractivity (Wildman–Crippen MR) is 73.6 cm³/mol. The van der Waals surface area contributed by atoms with E-state index in [1.165, 1.54) is 0 Å². The molecule has 0 radical (unpaired) electrons. The van der Waals surface area contributed by atoms with Crippen molar-refractivity contribution in [1.29, 1.82) is 0 Å². The molecule has 4 nitrogen and oxygen atoms in total. The molecule has 0 amide bonds. The molecule has 0 fully saturated rings. The molecule has 0 aliphatic carbocycles. The molecule has 0 aromatic carbocycles. The van der Waals surface area contributed by atoms with Gasteiger partial charge in [0.25, 0.3) is 0 Å². The number of carbonyl (C=O) groups is 1. The SMILES string of the molecule is CCOC(=O)C(COCCC(C)(C)C)NC(C)C. The summed E-state index contributed by atoms with van der Waals surface area (Å²) in [6.07, 6.45) is 0.976. The van der Waals surface area contributed by atoms with Gasteiger partial charge in [0, 0.05) is 12.6 Å². The van der Waals surface area contributed by atoms with Crippen LogP contribution in [0, 0.1) is 5.41 Å². The summed E-state index contributed by atoms with van der Waals surface area (Å²) in [4.78, 5) is 11.7. The quantitative estimate of drug-likeness (QED) is 0.537. The Hall–Kier alpha value is -0.610. The van der Waals surface area contributed by atoms with Crippen molar-refractivity contribution < 1.29 is 14.3 Å². The Morgan fingerprint density at radius 3 is 2.33 bits per heavy atom. The zero-order chi connectivity index (χ0) is 14.2. The van der Waals surface area contributed by atoms with Crippen molar-refractivity contribution >= 4 is 5.97 Å². The molecule has 0 rings (SSSR count). The van der Waals surface area contributed by atoms with Gasteiger partial charge in [-0.2, -0.15) is 0 Å². The second-order valence-electron chi connectivity index (χ2n) is 6.01. The summed E-state index contributed by atoms with van der Waals surface area (Å²) in [6.45, 7) is 13.8. The lowest BCUT2D eigenvalue weighted by molar-refractivity contribution is -0.147. The number of carbonyl (C=O) groups excluding carboxylic acids is 1. The lowest BCUT2D eigenvalue weighted by atomic mass is 9.93. The summed E-state index contributed by atoms with van der Waals surface area (Å²) >= 11 is 0. The van der Waals surface area contributed by atoms with Crippen LogP contribution in [-0.4, -0.2) is 37.9 Å². The highest BCUT2D eigenvalue weighted by atomic mass is 16.5. The number of hydrogen-bond donors (Lipinski definition) is 1. The maximum absolute atomic E-state index is 11.7. The molecule has 0 bridgehead atoms. The Morgan fingerprint density at radius 1 is 1.28 bits per heavy atom. The van der Waals surface area contributed by atoms with Crippen molar-refractivity contribution in [2.75, 3.05) is 19.8 Å². The van der Waals surface area contributed by atoms with Gasteiger partial charge in [0.1, 0.15) is 6.04 Å². The van der Waals surface area contributed by atoms with Gasteiger partial charge in [-0.3, -0.25) is 4.79 Å². The van der Waals surface area contributed by atoms with Crippen molar-refractivity contribution in [2.24, 2.45) is 5.41 Å². The molecule has 1 unspecified atom stereocenters. The summed E-state index contributed by atoms with van der Waals surface area (Å²) in [5.74, 6) is -0.234. The minimum Gasteiger partial charge on any atom is -0.465 e. The first-order chi connectivity index (χ1) is 8.26. The third kappa shape index (κ3) is 9.42. The predicted octanol–water partition coefficient (Wildman–Crippen LogP) is 2.37. The number of esters is 1. The van der Waals surface area contributed by atoms with Gasteiger partial charge in [0.2, 0.25) is 0 Å². The van der Waals surface area contributed by atoms with Crippen LogP contribution in [0.15, 0.2) is 0 Å². The van der Waals surface area contributed by atoms with Gasteiger partial charge in [-0.1, -0.05) is 34.6 Å².